The minimum atomic E-state index is -0.318. The summed E-state index contributed by atoms with van der Waals surface area (Å²) in [5.74, 6) is 0.0451. The Hall–Kier alpha value is -0.870. The van der Waals surface area contributed by atoms with Gasteiger partial charge in [-0.1, -0.05) is 19.9 Å². The molecule has 0 saturated heterocycles. The van der Waals surface area contributed by atoms with E-state index in [1.54, 1.807) is 13.0 Å². The average Bonchev–Trinajstić information content (AvgIpc) is 2.22. The largest absolute Gasteiger partial charge is 0.466 e. The van der Waals surface area contributed by atoms with E-state index in [4.69, 9.17) is 5.11 Å². The SMILES string of the molecule is COC(=O)C(C)=CCNC(CO)C(C)C. The van der Waals surface area contributed by atoms with E-state index in [2.05, 4.69) is 10.1 Å². The summed E-state index contributed by atoms with van der Waals surface area (Å²) >= 11 is 0. The van der Waals surface area contributed by atoms with Crippen molar-refractivity contribution in [1.29, 1.82) is 0 Å². The van der Waals surface area contributed by atoms with Gasteiger partial charge in [-0.15, -0.1) is 0 Å². The molecule has 1 atom stereocenters. The van der Waals surface area contributed by atoms with Crippen molar-refractivity contribution in [1.82, 2.24) is 5.32 Å². The molecule has 0 bridgehead atoms. The topological polar surface area (TPSA) is 58.6 Å². The normalized spacial score (nSPS) is 14.1. The predicted octanol–water partition coefficient (Wildman–Crippen LogP) is 0.712. The molecule has 0 spiro atoms. The van der Waals surface area contributed by atoms with Crippen molar-refractivity contribution in [2.75, 3.05) is 20.3 Å². The Kier molecular flexibility index (Phi) is 6.99. The number of methoxy groups -OCH3 is 1. The predicted molar refractivity (Wildman–Crippen MR) is 59.5 cm³/mol. The van der Waals surface area contributed by atoms with Crippen LogP contribution >= 0.6 is 0 Å². The fourth-order valence-corrected chi connectivity index (χ4v) is 1.12. The number of hydrogen-bond donors (Lipinski definition) is 2. The number of rotatable bonds is 6. The van der Waals surface area contributed by atoms with E-state index >= 15 is 0 Å². The zero-order valence-corrected chi connectivity index (χ0v) is 9.91. The molecule has 0 heterocycles. The lowest BCUT2D eigenvalue weighted by Crippen LogP contribution is -2.37. The van der Waals surface area contributed by atoms with E-state index in [-0.39, 0.29) is 18.6 Å². The van der Waals surface area contributed by atoms with Gasteiger partial charge in [0.2, 0.25) is 0 Å². The zero-order chi connectivity index (χ0) is 11.8. The summed E-state index contributed by atoms with van der Waals surface area (Å²) in [6, 6.07) is 0.0618. The number of ether oxygens (including phenoxy) is 1. The minimum Gasteiger partial charge on any atom is -0.466 e. The van der Waals surface area contributed by atoms with Crippen LogP contribution in [0.15, 0.2) is 11.6 Å². The Bertz CT molecular complexity index is 224. The second-order valence-electron chi connectivity index (χ2n) is 3.82. The molecule has 1 unspecified atom stereocenters. The van der Waals surface area contributed by atoms with Crippen molar-refractivity contribution >= 4 is 5.97 Å². The van der Waals surface area contributed by atoms with Crippen molar-refractivity contribution in [2.45, 2.75) is 26.8 Å². The maximum absolute atomic E-state index is 11.0. The first-order chi connectivity index (χ1) is 7.02. The second kappa shape index (κ2) is 7.43. The molecule has 0 aromatic heterocycles. The number of nitrogens with one attached hydrogen (secondary N) is 1. The summed E-state index contributed by atoms with van der Waals surface area (Å²) in [5, 5.41) is 12.2. The highest BCUT2D eigenvalue weighted by atomic mass is 16.5. The van der Waals surface area contributed by atoms with Gasteiger partial charge in [-0.05, 0) is 12.8 Å². The van der Waals surface area contributed by atoms with Crippen LogP contribution in [0.25, 0.3) is 0 Å². The fourth-order valence-electron chi connectivity index (χ4n) is 1.12. The van der Waals surface area contributed by atoms with Crippen LogP contribution in [0, 0.1) is 5.92 Å². The lowest BCUT2D eigenvalue weighted by molar-refractivity contribution is -0.136. The molecule has 0 amide bonds. The van der Waals surface area contributed by atoms with Crippen molar-refractivity contribution in [3.8, 4) is 0 Å². The van der Waals surface area contributed by atoms with Crippen LogP contribution in [0.2, 0.25) is 0 Å². The van der Waals surface area contributed by atoms with E-state index in [1.165, 1.54) is 7.11 Å². The van der Waals surface area contributed by atoms with Crippen LogP contribution in [-0.4, -0.2) is 37.4 Å². The minimum absolute atomic E-state index is 0.0618. The third-order valence-corrected chi connectivity index (χ3v) is 2.30. The van der Waals surface area contributed by atoms with Gasteiger partial charge >= 0.3 is 5.97 Å². The molecule has 0 rings (SSSR count). The first-order valence-electron chi connectivity index (χ1n) is 5.12. The Labute approximate surface area is 91.3 Å². The van der Waals surface area contributed by atoms with Gasteiger partial charge < -0.3 is 15.2 Å². The molecular weight excluding hydrogens is 194 g/mol. The van der Waals surface area contributed by atoms with E-state index < -0.39 is 0 Å². The molecule has 0 aliphatic carbocycles. The fraction of sp³-hybridized carbons (Fsp3) is 0.727. The first-order valence-corrected chi connectivity index (χ1v) is 5.12. The van der Waals surface area contributed by atoms with Gasteiger partial charge in [0.25, 0.3) is 0 Å². The average molecular weight is 215 g/mol. The highest BCUT2D eigenvalue weighted by molar-refractivity contribution is 5.87. The molecule has 0 aromatic carbocycles. The van der Waals surface area contributed by atoms with E-state index in [0.29, 0.717) is 18.0 Å². The van der Waals surface area contributed by atoms with Gasteiger partial charge in [0.05, 0.1) is 13.7 Å². The summed E-state index contributed by atoms with van der Waals surface area (Å²) in [6.07, 6.45) is 1.76. The lowest BCUT2D eigenvalue weighted by atomic mass is 10.1. The molecule has 0 aliphatic heterocycles. The van der Waals surface area contributed by atoms with E-state index in [9.17, 15) is 4.79 Å². The Morgan fingerprint density at radius 2 is 2.13 bits per heavy atom. The Morgan fingerprint density at radius 1 is 1.53 bits per heavy atom. The lowest BCUT2D eigenvalue weighted by Gasteiger charge is -2.18. The molecule has 88 valence electrons. The van der Waals surface area contributed by atoms with Gasteiger partial charge in [0, 0.05) is 18.2 Å². The zero-order valence-electron chi connectivity index (χ0n) is 9.91. The standard InChI is InChI=1S/C11H21NO3/c1-8(2)10(7-13)12-6-5-9(3)11(14)15-4/h5,8,10,12-13H,6-7H2,1-4H3. The molecule has 0 aromatic rings. The summed E-state index contributed by atoms with van der Waals surface area (Å²) in [4.78, 5) is 11.0. The maximum atomic E-state index is 11.0. The van der Waals surface area contributed by atoms with Gasteiger partial charge in [0.1, 0.15) is 0 Å². The van der Waals surface area contributed by atoms with Crippen molar-refractivity contribution in [2.24, 2.45) is 5.92 Å². The Balaban J connectivity index is 4.00. The smallest absolute Gasteiger partial charge is 0.333 e. The van der Waals surface area contributed by atoms with Gasteiger partial charge in [0.15, 0.2) is 0 Å². The summed E-state index contributed by atoms with van der Waals surface area (Å²) < 4.78 is 4.56. The van der Waals surface area contributed by atoms with E-state index in [0.717, 1.165) is 0 Å². The van der Waals surface area contributed by atoms with Gasteiger partial charge in [-0.2, -0.15) is 0 Å². The van der Waals surface area contributed by atoms with Gasteiger partial charge in [-0.3, -0.25) is 0 Å². The maximum Gasteiger partial charge on any atom is 0.333 e. The third kappa shape index (κ3) is 5.54. The number of carbonyl (C=O) groups is 1. The third-order valence-electron chi connectivity index (χ3n) is 2.30. The molecule has 2 N–H and O–H groups in total. The number of carbonyl (C=O) groups excluding carboxylic acids is 1. The number of aliphatic hydroxyl groups excluding tert-OH is 1. The molecule has 0 saturated carbocycles. The molecule has 4 heteroatoms. The van der Waals surface area contributed by atoms with Gasteiger partial charge in [-0.25, -0.2) is 4.79 Å². The first kappa shape index (κ1) is 14.1. The molecule has 15 heavy (non-hydrogen) atoms. The van der Waals surface area contributed by atoms with Crippen molar-refractivity contribution in [3.63, 3.8) is 0 Å². The van der Waals surface area contributed by atoms with Crippen molar-refractivity contribution in [3.05, 3.63) is 11.6 Å². The van der Waals surface area contributed by atoms with Crippen LogP contribution in [0.5, 0.6) is 0 Å². The Morgan fingerprint density at radius 3 is 2.53 bits per heavy atom. The molecule has 4 nitrogen and oxygen atoms in total. The highest BCUT2D eigenvalue weighted by Crippen LogP contribution is 2.00. The van der Waals surface area contributed by atoms with Crippen LogP contribution in [0.4, 0.5) is 0 Å². The number of aliphatic hydroxyl groups is 1. The summed E-state index contributed by atoms with van der Waals surface area (Å²) in [5.41, 5.74) is 0.574. The second-order valence-corrected chi connectivity index (χ2v) is 3.82. The summed E-state index contributed by atoms with van der Waals surface area (Å²) in [6.45, 7) is 6.43. The molecule has 0 fully saturated rings. The number of hydrogen-bond acceptors (Lipinski definition) is 4. The quantitative estimate of drug-likeness (QED) is 0.506. The molecule has 0 radical (unpaired) electrons. The van der Waals surface area contributed by atoms with Crippen LogP contribution < -0.4 is 5.32 Å². The molecule has 0 aliphatic rings. The monoisotopic (exact) mass is 215 g/mol. The molecular formula is C11H21NO3. The highest BCUT2D eigenvalue weighted by Gasteiger charge is 2.10. The van der Waals surface area contributed by atoms with Crippen LogP contribution in [0.3, 0.4) is 0 Å². The van der Waals surface area contributed by atoms with E-state index in [1.807, 2.05) is 13.8 Å². The van der Waals surface area contributed by atoms with Crippen LogP contribution in [-0.2, 0) is 9.53 Å². The van der Waals surface area contributed by atoms with Crippen LogP contribution in [0.1, 0.15) is 20.8 Å². The summed E-state index contributed by atoms with van der Waals surface area (Å²) in [7, 11) is 1.36. The number of esters is 1. The van der Waals surface area contributed by atoms with Crippen molar-refractivity contribution < 1.29 is 14.6 Å².